The molecular formula is C28H30N2O5. The van der Waals surface area contributed by atoms with Gasteiger partial charge in [0.15, 0.2) is 0 Å². The lowest BCUT2D eigenvalue weighted by Gasteiger charge is -2.25. The van der Waals surface area contributed by atoms with Crippen LogP contribution in [0.15, 0.2) is 42.5 Å². The number of rotatable bonds is 4. The highest BCUT2D eigenvalue weighted by Gasteiger charge is 2.50. The monoisotopic (exact) mass is 474 g/mol. The van der Waals surface area contributed by atoms with Gasteiger partial charge in [0.1, 0.15) is 5.75 Å². The minimum absolute atomic E-state index is 0.0992. The van der Waals surface area contributed by atoms with Gasteiger partial charge in [-0.25, -0.2) is 0 Å². The van der Waals surface area contributed by atoms with E-state index < -0.39 is 11.9 Å². The molecule has 0 spiro atoms. The van der Waals surface area contributed by atoms with Gasteiger partial charge in [-0.2, -0.15) is 0 Å². The third-order valence-electron chi connectivity index (χ3n) is 7.61. The van der Waals surface area contributed by atoms with E-state index in [0.717, 1.165) is 36.1 Å². The minimum atomic E-state index is -0.561. The van der Waals surface area contributed by atoms with E-state index >= 15 is 0 Å². The molecular weight excluding hydrogens is 444 g/mol. The molecule has 2 aromatic rings. The highest BCUT2D eigenvalue weighted by molar-refractivity contribution is 6.22. The van der Waals surface area contributed by atoms with Gasteiger partial charge < -0.3 is 9.64 Å². The van der Waals surface area contributed by atoms with Crippen LogP contribution in [-0.2, 0) is 19.2 Å². The van der Waals surface area contributed by atoms with Crippen molar-refractivity contribution in [1.82, 2.24) is 0 Å². The Morgan fingerprint density at radius 3 is 2.40 bits per heavy atom. The quantitative estimate of drug-likeness (QED) is 0.377. The Kier molecular flexibility index (Phi) is 5.95. The number of hydrogen-bond donors (Lipinski definition) is 0. The van der Waals surface area contributed by atoms with Crippen molar-refractivity contribution in [3.63, 3.8) is 0 Å². The number of carbonyl (C=O) groups is 4. The Labute approximate surface area is 205 Å². The molecule has 7 nitrogen and oxygen atoms in total. The van der Waals surface area contributed by atoms with Crippen LogP contribution in [0.3, 0.4) is 0 Å². The number of ether oxygens (including phenoxy) is 1. The van der Waals surface area contributed by atoms with Gasteiger partial charge in [-0.15, -0.1) is 0 Å². The maximum Gasteiger partial charge on any atom is 0.316 e. The zero-order chi connectivity index (χ0) is 24.9. The summed E-state index contributed by atoms with van der Waals surface area (Å²) in [4.78, 5) is 54.2. The standard InChI is InChI=1S/C28H30N2O5/c1-16-5-11-22-23(12-16)27(33)30(26(22)32)20-7-9-21(10-8-20)35-28(34)19-14-25(31)29(15-19)24-13-17(2)4-6-18(24)3/h4,6-10,13,16,19,22-23H,5,11-12,14-15H2,1-3H3/t16-,19-,22-,23-/m1/s1. The minimum Gasteiger partial charge on any atom is -0.426 e. The number of nitrogens with zero attached hydrogens (tertiary/aromatic N) is 2. The topological polar surface area (TPSA) is 84.0 Å². The van der Waals surface area contributed by atoms with Crippen LogP contribution in [0.4, 0.5) is 11.4 Å². The lowest BCUT2D eigenvalue weighted by molar-refractivity contribution is -0.139. The maximum absolute atomic E-state index is 12.9. The van der Waals surface area contributed by atoms with Crippen LogP contribution in [0.1, 0.15) is 43.7 Å². The Morgan fingerprint density at radius 1 is 0.943 bits per heavy atom. The second-order valence-corrected chi connectivity index (χ2v) is 10.3. The zero-order valence-electron chi connectivity index (χ0n) is 20.3. The van der Waals surface area contributed by atoms with E-state index in [1.165, 1.54) is 4.90 Å². The molecule has 5 rings (SSSR count). The lowest BCUT2D eigenvalue weighted by Crippen LogP contribution is -2.30. The number of anilines is 2. The molecule has 182 valence electrons. The molecule has 0 radical (unpaired) electrons. The maximum atomic E-state index is 12.9. The zero-order valence-corrected chi connectivity index (χ0v) is 20.3. The van der Waals surface area contributed by atoms with E-state index in [1.54, 1.807) is 29.2 Å². The summed E-state index contributed by atoms with van der Waals surface area (Å²) < 4.78 is 5.56. The molecule has 2 aliphatic heterocycles. The van der Waals surface area contributed by atoms with Gasteiger partial charge >= 0.3 is 5.97 Å². The Bertz CT molecular complexity index is 1200. The molecule has 1 saturated carbocycles. The summed E-state index contributed by atoms with van der Waals surface area (Å²) >= 11 is 0. The second kappa shape index (κ2) is 8.95. The van der Waals surface area contributed by atoms with Gasteiger partial charge in [0, 0.05) is 18.7 Å². The van der Waals surface area contributed by atoms with Crippen LogP contribution < -0.4 is 14.5 Å². The molecule has 0 aromatic heterocycles. The summed E-state index contributed by atoms with van der Waals surface area (Å²) in [5, 5.41) is 0. The molecule has 2 saturated heterocycles. The first-order valence-electron chi connectivity index (χ1n) is 12.3. The molecule has 7 heteroatoms. The molecule has 4 atom stereocenters. The fourth-order valence-corrected chi connectivity index (χ4v) is 5.62. The first-order valence-corrected chi connectivity index (χ1v) is 12.3. The van der Waals surface area contributed by atoms with E-state index in [9.17, 15) is 19.2 Å². The number of imide groups is 1. The molecule has 3 amide bonds. The van der Waals surface area contributed by atoms with Crippen LogP contribution in [0.5, 0.6) is 5.75 Å². The van der Waals surface area contributed by atoms with Crippen LogP contribution in [-0.4, -0.2) is 30.2 Å². The van der Waals surface area contributed by atoms with Gasteiger partial charge in [-0.3, -0.25) is 24.1 Å². The van der Waals surface area contributed by atoms with E-state index in [1.807, 2.05) is 32.0 Å². The van der Waals surface area contributed by atoms with E-state index in [2.05, 4.69) is 6.92 Å². The summed E-state index contributed by atoms with van der Waals surface area (Å²) in [6, 6.07) is 12.4. The van der Waals surface area contributed by atoms with E-state index in [-0.39, 0.29) is 42.5 Å². The van der Waals surface area contributed by atoms with Crippen molar-refractivity contribution >= 4 is 35.1 Å². The Morgan fingerprint density at radius 2 is 1.66 bits per heavy atom. The van der Waals surface area contributed by atoms with Crippen molar-refractivity contribution in [2.45, 2.75) is 46.5 Å². The molecule has 0 bridgehead atoms. The van der Waals surface area contributed by atoms with Gasteiger partial charge in [0.2, 0.25) is 17.7 Å². The smallest absolute Gasteiger partial charge is 0.316 e. The van der Waals surface area contributed by atoms with Crippen molar-refractivity contribution in [1.29, 1.82) is 0 Å². The normalized spacial score (nSPS) is 26.3. The number of carbonyl (C=O) groups excluding carboxylic acids is 4. The molecule has 2 heterocycles. The summed E-state index contributed by atoms with van der Waals surface area (Å²) in [6.07, 6.45) is 2.57. The SMILES string of the molecule is Cc1ccc(C)c(N2C[C@H](C(=O)Oc3ccc(N4C(=O)[C@@H]5CC[C@@H](C)C[C@H]5C4=O)cc3)CC2=O)c1. The molecule has 2 aromatic carbocycles. The fourth-order valence-electron chi connectivity index (χ4n) is 5.62. The first-order chi connectivity index (χ1) is 16.7. The van der Waals surface area contributed by atoms with Crippen molar-refractivity contribution in [2.24, 2.45) is 23.7 Å². The fraction of sp³-hybridized carbons (Fsp3) is 0.429. The highest BCUT2D eigenvalue weighted by Crippen LogP contribution is 2.42. The summed E-state index contributed by atoms with van der Waals surface area (Å²) in [7, 11) is 0. The van der Waals surface area contributed by atoms with E-state index in [4.69, 9.17) is 4.74 Å². The Hall–Kier alpha value is -3.48. The highest BCUT2D eigenvalue weighted by atomic mass is 16.5. The van der Waals surface area contributed by atoms with Crippen molar-refractivity contribution in [3.05, 3.63) is 53.6 Å². The average Bonchev–Trinajstić information content (AvgIpc) is 3.33. The van der Waals surface area contributed by atoms with Crippen LogP contribution >= 0.6 is 0 Å². The number of esters is 1. The second-order valence-electron chi connectivity index (χ2n) is 10.3. The van der Waals surface area contributed by atoms with Crippen LogP contribution in [0, 0.1) is 37.5 Å². The molecule has 35 heavy (non-hydrogen) atoms. The summed E-state index contributed by atoms with van der Waals surface area (Å²) in [5.74, 6) is -1.08. The van der Waals surface area contributed by atoms with Crippen LogP contribution in [0.25, 0.3) is 0 Å². The number of aryl methyl sites for hydroxylation is 2. The number of benzene rings is 2. The average molecular weight is 475 g/mol. The van der Waals surface area contributed by atoms with Gasteiger partial charge in [-0.1, -0.05) is 19.1 Å². The van der Waals surface area contributed by atoms with Gasteiger partial charge in [0.25, 0.3) is 0 Å². The van der Waals surface area contributed by atoms with Gasteiger partial charge in [-0.05, 0) is 80.5 Å². The third-order valence-corrected chi connectivity index (χ3v) is 7.61. The molecule has 1 aliphatic carbocycles. The summed E-state index contributed by atoms with van der Waals surface area (Å²) in [6.45, 7) is 6.31. The predicted octanol–water partition coefficient (Wildman–Crippen LogP) is 4.19. The molecule has 0 unspecified atom stereocenters. The number of hydrogen-bond acceptors (Lipinski definition) is 5. The molecule has 3 fully saturated rings. The summed E-state index contributed by atoms with van der Waals surface area (Å²) in [5.41, 5.74) is 3.35. The van der Waals surface area contributed by atoms with Crippen LogP contribution in [0.2, 0.25) is 0 Å². The van der Waals surface area contributed by atoms with Crippen molar-refractivity contribution in [3.8, 4) is 5.75 Å². The van der Waals surface area contributed by atoms with E-state index in [0.29, 0.717) is 17.4 Å². The lowest BCUT2D eigenvalue weighted by atomic mass is 9.76. The predicted molar refractivity (Wildman–Crippen MR) is 131 cm³/mol. The number of amides is 3. The molecule has 3 aliphatic rings. The van der Waals surface area contributed by atoms with Crippen molar-refractivity contribution < 1.29 is 23.9 Å². The molecule has 0 N–H and O–H groups in total. The van der Waals surface area contributed by atoms with Crippen molar-refractivity contribution in [2.75, 3.05) is 16.3 Å². The van der Waals surface area contributed by atoms with Gasteiger partial charge in [0.05, 0.1) is 23.4 Å². The number of fused-ring (bicyclic) bond motifs is 1. The largest absolute Gasteiger partial charge is 0.426 e. The third kappa shape index (κ3) is 4.24. The first kappa shape index (κ1) is 23.3. The Balaban J connectivity index is 1.25.